The maximum absolute atomic E-state index is 12.6. The zero-order valence-corrected chi connectivity index (χ0v) is 13.4. The van der Waals surface area contributed by atoms with Crippen molar-refractivity contribution in [2.45, 2.75) is 89.1 Å². The van der Waals surface area contributed by atoms with E-state index in [9.17, 15) is 4.79 Å². The van der Waals surface area contributed by atoms with Crippen LogP contribution < -0.4 is 11.1 Å². The maximum atomic E-state index is 12.6. The number of nitrogens with one attached hydrogen (secondary N) is 1. The van der Waals surface area contributed by atoms with Gasteiger partial charge in [0.05, 0.1) is 0 Å². The minimum Gasteiger partial charge on any atom is -0.352 e. The van der Waals surface area contributed by atoms with Crippen molar-refractivity contribution in [3.05, 3.63) is 0 Å². The molecule has 3 heteroatoms. The summed E-state index contributed by atoms with van der Waals surface area (Å²) in [6, 6.07) is 0.395. The highest BCUT2D eigenvalue weighted by Crippen LogP contribution is 2.42. The molecule has 0 heterocycles. The van der Waals surface area contributed by atoms with Crippen LogP contribution in [0, 0.1) is 17.8 Å². The van der Waals surface area contributed by atoms with Crippen molar-refractivity contribution in [2.24, 2.45) is 23.5 Å². The summed E-state index contributed by atoms with van der Waals surface area (Å²) in [5, 5.41) is 3.31. The lowest BCUT2D eigenvalue weighted by atomic mass is 9.67. The summed E-state index contributed by atoms with van der Waals surface area (Å²) in [6.07, 6.45) is 14.9. The highest BCUT2D eigenvalue weighted by Gasteiger charge is 2.35. The third kappa shape index (κ3) is 3.80. The van der Waals surface area contributed by atoms with E-state index in [-0.39, 0.29) is 18.0 Å². The molecule has 5 atom stereocenters. The number of fused-ring (bicyclic) bond motifs is 1. The molecular weight excluding hydrogens is 260 g/mol. The van der Waals surface area contributed by atoms with E-state index in [1.54, 1.807) is 0 Å². The predicted molar refractivity (Wildman–Crippen MR) is 85.8 cm³/mol. The maximum Gasteiger partial charge on any atom is 0.223 e. The molecule has 0 radical (unpaired) electrons. The van der Waals surface area contributed by atoms with Gasteiger partial charge < -0.3 is 11.1 Å². The molecule has 5 unspecified atom stereocenters. The Morgan fingerprint density at radius 1 is 0.810 bits per heavy atom. The second kappa shape index (κ2) is 7.13. The van der Waals surface area contributed by atoms with Crippen LogP contribution in [0.4, 0.5) is 0 Å². The van der Waals surface area contributed by atoms with Gasteiger partial charge in [0.15, 0.2) is 0 Å². The molecule has 3 aliphatic carbocycles. The number of amides is 1. The van der Waals surface area contributed by atoms with Crippen molar-refractivity contribution in [2.75, 3.05) is 0 Å². The summed E-state index contributed by atoms with van der Waals surface area (Å²) in [4.78, 5) is 12.6. The smallest absolute Gasteiger partial charge is 0.223 e. The fourth-order valence-electron chi connectivity index (χ4n) is 4.93. The standard InChI is InChI=1S/C18H32N2O/c19-16-8-2-1-3-9-17(16)20-18(21)15-11-10-13-6-4-5-7-14(13)12-15/h13-17H,1-12,19H2,(H,20,21). The topological polar surface area (TPSA) is 55.1 Å². The lowest BCUT2D eigenvalue weighted by Crippen LogP contribution is -2.49. The van der Waals surface area contributed by atoms with Gasteiger partial charge >= 0.3 is 0 Å². The molecule has 0 aliphatic heterocycles. The molecular formula is C18H32N2O. The van der Waals surface area contributed by atoms with Crippen LogP contribution in [0.2, 0.25) is 0 Å². The van der Waals surface area contributed by atoms with Gasteiger partial charge in [-0.1, -0.05) is 44.9 Å². The Morgan fingerprint density at radius 2 is 1.52 bits per heavy atom. The van der Waals surface area contributed by atoms with Crippen LogP contribution >= 0.6 is 0 Å². The van der Waals surface area contributed by atoms with Crippen LogP contribution in [0.25, 0.3) is 0 Å². The first-order chi connectivity index (χ1) is 10.2. The third-order valence-corrected chi connectivity index (χ3v) is 6.31. The number of hydrogen-bond acceptors (Lipinski definition) is 2. The molecule has 0 aromatic heterocycles. The molecule has 21 heavy (non-hydrogen) atoms. The average Bonchev–Trinajstić information content (AvgIpc) is 2.72. The van der Waals surface area contributed by atoms with Crippen molar-refractivity contribution in [1.82, 2.24) is 5.32 Å². The number of carbonyl (C=O) groups is 1. The van der Waals surface area contributed by atoms with Gasteiger partial charge in [-0.15, -0.1) is 0 Å². The third-order valence-electron chi connectivity index (χ3n) is 6.31. The van der Waals surface area contributed by atoms with E-state index in [0.717, 1.165) is 37.5 Å². The van der Waals surface area contributed by atoms with Crippen LogP contribution in [0.15, 0.2) is 0 Å². The normalized spacial score (nSPS) is 40.9. The van der Waals surface area contributed by atoms with E-state index in [1.807, 2.05) is 0 Å². The molecule has 0 bridgehead atoms. The number of carbonyl (C=O) groups excluding carboxylic acids is 1. The van der Waals surface area contributed by atoms with Crippen molar-refractivity contribution >= 4 is 5.91 Å². The Labute approximate surface area is 129 Å². The fourth-order valence-corrected chi connectivity index (χ4v) is 4.93. The van der Waals surface area contributed by atoms with Crippen LogP contribution in [-0.4, -0.2) is 18.0 Å². The Bertz CT molecular complexity index is 357. The van der Waals surface area contributed by atoms with E-state index < -0.39 is 0 Å². The van der Waals surface area contributed by atoms with Gasteiger partial charge in [0.2, 0.25) is 5.91 Å². The first-order valence-electron chi connectivity index (χ1n) is 9.30. The second-order valence-electron chi connectivity index (χ2n) is 7.73. The van der Waals surface area contributed by atoms with Crippen molar-refractivity contribution in [3.63, 3.8) is 0 Å². The molecule has 0 spiro atoms. The van der Waals surface area contributed by atoms with Crippen molar-refractivity contribution < 1.29 is 4.79 Å². The zero-order valence-electron chi connectivity index (χ0n) is 13.4. The summed E-state index contributed by atoms with van der Waals surface area (Å²) < 4.78 is 0. The molecule has 1 amide bonds. The Balaban J connectivity index is 1.52. The van der Waals surface area contributed by atoms with E-state index in [0.29, 0.717) is 5.91 Å². The van der Waals surface area contributed by atoms with E-state index in [2.05, 4.69) is 5.32 Å². The van der Waals surface area contributed by atoms with Gasteiger partial charge in [-0.2, -0.15) is 0 Å². The lowest BCUT2D eigenvalue weighted by Gasteiger charge is -2.39. The summed E-state index contributed by atoms with van der Waals surface area (Å²) in [5.41, 5.74) is 6.25. The van der Waals surface area contributed by atoms with Gasteiger partial charge in [-0.05, 0) is 43.9 Å². The Hall–Kier alpha value is -0.570. The summed E-state index contributed by atoms with van der Waals surface area (Å²) in [6.45, 7) is 0. The van der Waals surface area contributed by atoms with E-state index >= 15 is 0 Å². The minimum atomic E-state index is 0.169. The highest BCUT2D eigenvalue weighted by atomic mass is 16.1. The summed E-state index contributed by atoms with van der Waals surface area (Å²) in [7, 11) is 0. The quantitative estimate of drug-likeness (QED) is 0.767. The van der Waals surface area contributed by atoms with Crippen molar-refractivity contribution in [3.8, 4) is 0 Å². The molecule has 0 aromatic carbocycles. The predicted octanol–water partition coefficient (Wildman–Crippen LogP) is 3.37. The number of hydrogen-bond donors (Lipinski definition) is 2. The molecule has 120 valence electrons. The van der Waals surface area contributed by atoms with Crippen LogP contribution in [0.1, 0.15) is 77.0 Å². The molecule has 3 nitrogen and oxygen atoms in total. The first-order valence-corrected chi connectivity index (χ1v) is 9.30. The molecule has 0 saturated heterocycles. The molecule has 0 aromatic rings. The van der Waals surface area contributed by atoms with Gasteiger partial charge in [0.1, 0.15) is 0 Å². The molecule has 3 rings (SSSR count). The summed E-state index contributed by atoms with van der Waals surface area (Å²) >= 11 is 0. The van der Waals surface area contributed by atoms with Crippen LogP contribution in [0.3, 0.4) is 0 Å². The average molecular weight is 292 g/mol. The lowest BCUT2D eigenvalue weighted by molar-refractivity contribution is -0.128. The second-order valence-corrected chi connectivity index (χ2v) is 7.73. The zero-order chi connectivity index (χ0) is 14.7. The Kier molecular flexibility index (Phi) is 5.20. The number of rotatable bonds is 2. The molecule has 3 N–H and O–H groups in total. The highest BCUT2D eigenvalue weighted by molar-refractivity contribution is 5.79. The van der Waals surface area contributed by atoms with E-state index in [4.69, 9.17) is 5.73 Å². The van der Waals surface area contributed by atoms with Crippen molar-refractivity contribution in [1.29, 1.82) is 0 Å². The Morgan fingerprint density at radius 3 is 2.38 bits per heavy atom. The molecule has 3 aliphatic rings. The monoisotopic (exact) mass is 292 g/mol. The number of nitrogens with two attached hydrogens (primary N) is 1. The van der Waals surface area contributed by atoms with E-state index in [1.165, 1.54) is 51.4 Å². The minimum absolute atomic E-state index is 0.169. The van der Waals surface area contributed by atoms with Gasteiger partial charge in [-0.3, -0.25) is 4.79 Å². The first kappa shape index (κ1) is 15.3. The molecule has 3 fully saturated rings. The largest absolute Gasteiger partial charge is 0.352 e. The van der Waals surface area contributed by atoms with Gasteiger partial charge in [-0.25, -0.2) is 0 Å². The van der Waals surface area contributed by atoms with Gasteiger partial charge in [0.25, 0.3) is 0 Å². The summed E-state index contributed by atoms with van der Waals surface area (Å²) in [5.74, 6) is 2.31. The fraction of sp³-hybridized carbons (Fsp3) is 0.944. The SMILES string of the molecule is NC1CCCCCC1NC(=O)C1CCC2CCCCC2C1. The van der Waals surface area contributed by atoms with Crippen LogP contribution in [0.5, 0.6) is 0 Å². The molecule has 3 saturated carbocycles. The van der Waals surface area contributed by atoms with Gasteiger partial charge in [0, 0.05) is 18.0 Å². The van der Waals surface area contributed by atoms with Crippen LogP contribution in [-0.2, 0) is 4.79 Å².